The van der Waals surface area contributed by atoms with Gasteiger partial charge in [0.25, 0.3) is 0 Å². The van der Waals surface area contributed by atoms with Crippen LogP contribution in [0.4, 0.5) is 0 Å². The highest BCUT2D eigenvalue weighted by Gasteiger charge is 2.21. The van der Waals surface area contributed by atoms with E-state index in [9.17, 15) is 0 Å². The summed E-state index contributed by atoms with van der Waals surface area (Å²) in [6, 6.07) is 59.0. The van der Waals surface area contributed by atoms with Crippen molar-refractivity contribution in [2.45, 2.75) is 0 Å². The maximum atomic E-state index is 6.38. The molecule has 10 rings (SSSR count). The Morgan fingerprint density at radius 3 is 1.89 bits per heavy atom. The third-order valence-corrected chi connectivity index (χ3v) is 9.59. The van der Waals surface area contributed by atoms with Crippen LogP contribution in [-0.4, -0.2) is 4.57 Å². The number of benzene rings is 8. The van der Waals surface area contributed by atoms with Gasteiger partial charge < -0.3 is 9.30 Å². The molecule has 0 saturated carbocycles. The van der Waals surface area contributed by atoms with Crippen molar-refractivity contribution in [1.82, 2.24) is 4.57 Å². The maximum absolute atomic E-state index is 6.38. The average molecular weight is 586 g/mol. The summed E-state index contributed by atoms with van der Waals surface area (Å²) in [7, 11) is 0. The molecule has 214 valence electrons. The molecule has 1 aliphatic heterocycles. The van der Waals surface area contributed by atoms with Crippen molar-refractivity contribution in [3.63, 3.8) is 0 Å². The predicted octanol–water partition coefficient (Wildman–Crippen LogP) is 12.2. The number of hydrogen-bond acceptors (Lipinski definition) is 1. The summed E-state index contributed by atoms with van der Waals surface area (Å²) in [6.07, 6.45) is 0. The molecular weight excluding hydrogens is 558 g/mol. The van der Waals surface area contributed by atoms with Crippen LogP contribution in [0, 0.1) is 0 Å². The lowest BCUT2D eigenvalue weighted by Crippen LogP contribution is -1.97. The van der Waals surface area contributed by atoms with Crippen LogP contribution in [0.15, 0.2) is 164 Å². The summed E-state index contributed by atoms with van der Waals surface area (Å²) in [5.74, 6) is 1.82. The van der Waals surface area contributed by atoms with E-state index in [1.54, 1.807) is 0 Å². The Bertz CT molecular complexity index is 2660. The van der Waals surface area contributed by atoms with Crippen molar-refractivity contribution in [1.29, 1.82) is 0 Å². The molecule has 0 unspecified atom stereocenters. The molecule has 1 aromatic heterocycles. The van der Waals surface area contributed by atoms with E-state index in [2.05, 4.69) is 156 Å². The van der Waals surface area contributed by atoms with Crippen LogP contribution < -0.4 is 4.74 Å². The fraction of sp³-hybridized carbons (Fsp3) is 0. The first-order valence-corrected chi connectivity index (χ1v) is 15.8. The van der Waals surface area contributed by atoms with Gasteiger partial charge in [0, 0.05) is 32.8 Å². The van der Waals surface area contributed by atoms with Gasteiger partial charge in [-0.15, -0.1) is 0 Å². The molecule has 9 aromatic rings. The van der Waals surface area contributed by atoms with Crippen LogP contribution in [0.2, 0.25) is 0 Å². The van der Waals surface area contributed by atoms with E-state index < -0.39 is 0 Å². The molecule has 0 aliphatic carbocycles. The molecule has 2 heteroatoms. The molecule has 0 atom stereocenters. The van der Waals surface area contributed by atoms with E-state index in [0.29, 0.717) is 0 Å². The van der Waals surface area contributed by atoms with E-state index in [-0.39, 0.29) is 0 Å². The highest BCUT2D eigenvalue weighted by molar-refractivity contribution is 6.20. The number of fused-ring (bicyclic) bond motifs is 7. The fourth-order valence-corrected chi connectivity index (χ4v) is 7.60. The molecule has 8 aromatic carbocycles. The summed E-state index contributed by atoms with van der Waals surface area (Å²) in [6.45, 7) is 0. The lowest BCUT2D eigenvalue weighted by molar-refractivity contribution is 0.487. The van der Waals surface area contributed by atoms with E-state index in [1.165, 1.54) is 76.9 Å². The van der Waals surface area contributed by atoms with Gasteiger partial charge in [0.2, 0.25) is 0 Å². The van der Waals surface area contributed by atoms with Crippen molar-refractivity contribution in [2.24, 2.45) is 0 Å². The van der Waals surface area contributed by atoms with Gasteiger partial charge in [0.1, 0.15) is 11.5 Å². The molecule has 1 aliphatic rings. The van der Waals surface area contributed by atoms with Crippen LogP contribution in [0.3, 0.4) is 0 Å². The zero-order valence-electron chi connectivity index (χ0n) is 24.9. The molecule has 0 N–H and O–H groups in total. The summed E-state index contributed by atoms with van der Waals surface area (Å²) >= 11 is 0. The number of nitrogens with zero attached hydrogens (tertiary/aromatic N) is 1. The van der Waals surface area contributed by atoms with Crippen LogP contribution >= 0.6 is 0 Å². The van der Waals surface area contributed by atoms with Gasteiger partial charge in [-0.2, -0.15) is 0 Å². The number of para-hydroxylation sites is 3. The molecule has 0 amide bonds. The Kier molecular flexibility index (Phi) is 5.31. The predicted molar refractivity (Wildman–Crippen MR) is 192 cm³/mol. The van der Waals surface area contributed by atoms with Gasteiger partial charge in [0.05, 0.1) is 11.0 Å². The van der Waals surface area contributed by atoms with Crippen molar-refractivity contribution >= 4 is 43.4 Å². The largest absolute Gasteiger partial charge is 0.456 e. The lowest BCUT2D eigenvalue weighted by Gasteiger charge is -2.22. The van der Waals surface area contributed by atoms with Gasteiger partial charge in [-0.3, -0.25) is 0 Å². The maximum Gasteiger partial charge on any atom is 0.135 e. The topological polar surface area (TPSA) is 14.2 Å². The second kappa shape index (κ2) is 9.69. The molecule has 0 radical (unpaired) electrons. The summed E-state index contributed by atoms with van der Waals surface area (Å²) < 4.78 is 8.80. The minimum Gasteiger partial charge on any atom is -0.456 e. The van der Waals surface area contributed by atoms with Gasteiger partial charge in [-0.1, -0.05) is 127 Å². The second-order valence-corrected chi connectivity index (χ2v) is 12.1. The standard InChI is InChI=1S/C44H27NO/c1-2-13-30(14-3-1)45-40-21-6-4-15-34(40)39-24-23-33-31(17-9-20-38(33)44(39)45)28-11-8-12-29(27-28)32-25-26-42-43-36(32)18-10-19-37(43)35-16-5-7-22-41(35)46-42/h1-27H. The third kappa shape index (κ3) is 3.59. The zero-order valence-corrected chi connectivity index (χ0v) is 24.9. The minimum absolute atomic E-state index is 0.911. The van der Waals surface area contributed by atoms with Gasteiger partial charge in [-0.25, -0.2) is 0 Å². The Morgan fingerprint density at radius 2 is 1.00 bits per heavy atom. The first-order chi connectivity index (χ1) is 22.8. The van der Waals surface area contributed by atoms with Crippen LogP contribution in [0.5, 0.6) is 11.5 Å². The lowest BCUT2D eigenvalue weighted by atomic mass is 9.89. The van der Waals surface area contributed by atoms with E-state index in [4.69, 9.17) is 4.74 Å². The molecule has 0 fully saturated rings. The number of ether oxygens (including phenoxy) is 1. The van der Waals surface area contributed by atoms with E-state index in [0.717, 1.165) is 17.1 Å². The zero-order chi connectivity index (χ0) is 30.2. The Labute approximate surface area is 266 Å². The molecule has 46 heavy (non-hydrogen) atoms. The molecule has 2 heterocycles. The van der Waals surface area contributed by atoms with Crippen LogP contribution in [0.25, 0.3) is 82.4 Å². The Hall–Kier alpha value is -6.12. The van der Waals surface area contributed by atoms with Crippen molar-refractivity contribution in [3.8, 4) is 50.6 Å². The fourth-order valence-electron chi connectivity index (χ4n) is 7.60. The van der Waals surface area contributed by atoms with Crippen LogP contribution in [-0.2, 0) is 0 Å². The summed E-state index contributed by atoms with van der Waals surface area (Å²) in [4.78, 5) is 0. The van der Waals surface area contributed by atoms with Crippen molar-refractivity contribution < 1.29 is 4.74 Å². The SMILES string of the molecule is c1ccc(-n2c3ccccc3c3ccc4c(-c5cccc(-c6ccc7c8c(cccc68)-c6ccccc6O7)c5)cccc4c32)cc1. The first kappa shape index (κ1) is 25.2. The molecule has 0 saturated heterocycles. The summed E-state index contributed by atoms with van der Waals surface area (Å²) in [5, 5.41) is 7.40. The molecule has 2 nitrogen and oxygen atoms in total. The van der Waals surface area contributed by atoms with E-state index in [1.807, 2.05) is 12.1 Å². The average Bonchev–Trinajstić information content (AvgIpc) is 3.47. The normalized spacial score (nSPS) is 12.1. The van der Waals surface area contributed by atoms with Crippen molar-refractivity contribution in [3.05, 3.63) is 164 Å². The third-order valence-electron chi connectivity index (χ3n) is 9.59. The molecule has 0 spiro atoms. The van der Waals surface area contributed by atoms with Gasteiger partial charge >= 0.3 is 0 Å². The van der Waals surface area contributed by atoms with Crippen LogP contribution in [0.1, 0.15) is 0 Å². The number of aromatic nitrogens is 1. The summed E-state index contributed by atoms with van der Waals surface area (Å²) in [5.41, 5.74) is 10.8. The highest BCUT2D eigenvalue weighted by atomic mass is 16.5. The quantitative estimate of drug-likeness (QED) is 0.201. The smallest absolute Gasteiger partial charge is 0.135 e. The Balaban J connectivity index is 1.18. The van der Waals surface area contributed by atoms with Crippen molar-refractivity contribution in [2.75, 3.05) is 0 Å². The van der Waals surface area contributed by atoms with E-state index >= 15 is 0 Å². The number of rotatable bonds is 3. The second-order valence-electron chi connectivity index (χ2n) is 12.1. The Morgan fingerprint density at radius 1 is 0.370 bits per heavy atom. The highest BCUT2D eigenvalue weighted by Crippen LogP contribution is 2.49. The van der Waals surface area contributed by atoms with Gasteiger partial charge in [-0.05, 0) is 75.0 Å². The monoisotopic (exact) mass is 585 g/mol. The minimum atomic E-state index is 0.911. The first-order valence-electron chi connectivity index (χ1n) is 15.8. The molecule has 0 bridgehead atoms. The van der Waals surface area contributed by atoms with Gasteiger partial charge in [0.15, 0.2) is 0 Å². The number of hydrogen-bond donors (Lipinski definition) is 0. The molecular formula is C44H27NO.